The minimum Gasteiger partial charge on any atom is -0.377 e. The van der Waals surface area contributed by atoms with Crippen LogP contribution in [0, 0.1) is 0 Å². The molecule has 0 aromatic heterocycles. The number of amides is 1. The van der Waals surface area contributed by atoms with Crippen molar-refractivity contribution in [2.24, 2.45) is 0 Å². The molecule has 3 N–H and O–H groups in total. The Labute approximate surface area is 134 Å². The highest BCUT2D eigenvalue weighted by molar-refractivity contribution is 5.75. The highest BCUT2D eigenvalue weighted by Gasteiger charge is 2.06. The Hall–Kier alpha value is -1.39. The van der Waals surface area contributed by atoms with Crippen molar-refractivity contribution >= 4 is 5.91 Å². The molecule has 4 heteroatoms. The molecule has 0 unspecified atom stereocenters. The second kappa shape index (κ2) is 12.2. The van der Waals surface area contributed by atoms with Crippen molar-refractivity contribution in [2.45, 2.75) is 58.1 Å². The average Bonchev–Trinajstić information content (AvgIpc) is 2.54. The Morgan fingerprint density at radius 2 is 1.86 bits per heavy atom. The molecule has 1 rings (SSSR count). The lowest BCUT2D eigenvalue weighted by atomic mass is 10.1. The van der Waals surface area contributed by atoms with Crippen LogP contribution in [0.1, 0.15) is 51.0 Å². The third-order valence-electron chi connectivity index (χ3n) is 3.64. The van der Waals surface area contributed by atoms with E-state index in [0.29, 0.717) is 13.0 Å². The second-order valence-electron chi connectivity index (χ2n) is 5.67. The van der Waals surface area contributed by atoms with Gasteiger partial charge in [0, 0.05) is 13.0 Å². The summed E-state index contributed by atoms with van der Waals surface area (Å²) in [5, 5.41) is 15.6. The second-order valence-corrected chi connectivity index (χ2v) is 5.67. The molecule has 1 aromatic carbocycles. The number of carbonyl (C=O) groups excluding carboxylic acids is 1. The first-order valence-electron chi connectivity index (χ1n) is 8.44. The van der Waals surface area contributed by atoms with Crippen LogP contribution >= 0.6 is 0 Å². The summed E-state index contributed by atoms with van der Waals surface area (Å²) in [5.41, 5.74) is 1.23. The summed E-state index contributed by atoms with van der Waals surface area (Å²) in [5.74, 6) is 0.0282. The van der Waals surface area contributed by atoms with Crippen LogP contribution in [0.4, 0.5) is 0 Å². The van der Waals surface area contributed by atoms with Gasteiger partial charge >= 0.3 is 0 Å². The summed E-state index contributed by atoms with van der Waals surface area (Å²) in [7, 11) is 0. The number of hydrogen-bond acceptors (Lipinski definition) is 3. The van der Waals surface area contributed by atoms with Crippen molar-refractivity contribution in [1.29, 1.82) is 0 Å². The van der Waals surface area contributed by atoms with Crippen LogP contribution in [0.3, 0.4) is 0 Å². The fourth-order valence-electron chi connectivity index (χ4n) is 2.29. The summed E-state index contributed by atoms with van der Waals surface area (Å²) in [4.78, 5) is 11.6. The van der Waals surface area contributed by atoms with Crippen molar-refractivity contribution in [3.63, 3.8) is 0 Å². The maximum atomic E-state index is 11.6. The first-order valence-corrected chi connectivity index (χ1v) is 8.44. The molecule has 22 heavy (non-hydrogen) atoms. The average molecular weight is 306 g/mol. The lowest BCUT2D eigenvalue weighted by Gasteiger charge is -2.13. The van der Waals surface area contributed by atoms with Crippen LogP contribution in [-0.4, -0.2) is 30.3 Å². The predicted octanol–water partition coefficient (Wildman–Crippen LogP) is 2.61. The fourth-order valence-corrected chi connectivity index (χ4v) is 2.29. The quantitative estimate of drug-likeness (QED) is 0.411. The molecule has 0 saturated carbocycles. The van der Waals surface area contributed by atoms with Gasteiger partial charge < -0.3 is 10.4 Å². The van der Waals surface area contributed by atoms with Crippen LogP contribution in [0.2, 0.25) is 0 Å². The number of unbranched alkanes of at least 4 members (excludes halogenated alkanes) is 4. The molecule has 0 heterocycles. The third kappa shape index (κ3) is 9.53. The number of aliphatic hydroxyl groups excluding tert-OH is 1. The number of aliphatic hydroxyl groups is 1. The van der Waals surface area contributed by atoms with Crippen LogP contribution in [0.5, 0.6) is 0 Å². The maximum absolute atomic E-state index is 11.6. The Morgan fingerprint density at radius 3 is 2.59 bits per heavy atom. The monoisotopic (exact) mass is 306 g/mol. The third-order valence-corrected chi connectivity index (χ3v) is 3.64. The lowest BCUT2D eigenvalue weighted by molar-refractivity contribution is -0.121. The van der Waals surface area contributed by atoms with E-state index in [-0.39, 0.29) is 12.5 Å². The maximum Gasteiger partial charge on any atom is 0.220 e. The van der Waals surface area contributed by atoms with Crippen LogP contribution in [-0.2, 0) is 11.2 Å². The zero-order valence-corrected chi connectivity index (χ0v) is 13.7. The van der Waals surface area contributed by atoms with Gasteiger partial charge in [0.1, 0.15) is 6.23 Å². The first-order chi connectivity index (χ1) is 10.7. The molecule has 0 bridgehead atoms. The number of rotatable bonds is 12. The molecule has 4 nitrogen and oxygen atoms in total. The van der Waals surface area contributed by atoms with E-state index in [4.69, 9.17) is 0 Å². The van der Waals surface area contributed by atoms with Gasteiger partial charge in [-0.3, -0.25) is 10.1 Å². The number of carbonyl (C=O) groups is 1. The molecule has 0 spiro atoms. The van der Waals surface area contributed by atoms with E-state index < -0.39 is 6.23 Å². The summed E-state index contributed by atoms with van der Waals surface area (Å²) in [6.07, 6.45) is 6.44. The number of hydrogen-bond donors (Lipinski definition) is 3. The van der Waals surface area contributed by atoms with Gasteiger partial charge in [0.25, 0.3) is 0 Å². The van der Waals surface area contributed by atoms with Gasteiger partial charge in [0.05, 0.1) is 6.54 Å². The molecule has 0 aliphatic carbocycles. The van der Waals surface area contributed by atoms with E-state index in [9.17, 15) is 9.90 Å². The molecule has 1 atom stereocenters. The number of nitrogens with one attached hydrogen (secondary N) is 2. The zero-order chi connectivity index (χ0) is 16.0. The molecule has 0 aliphatic heterocycles. The molecule has 1 amide bonds. The van der Waals surface area contributed by atoms with E-state index in [2.05, 4.69) is 29.7 Å². The highest BCUT2D eigenvalue weighted by atomic mass is 16.3. The summed E-state index contributed by atoms with van der Waals surface area (Å²) < 4.78 is 0. The van der Waals surface area contributed by atoms with Gasteiger partial charge in [-0.2, -0.15) is 0 Å². The van der Waals surface area contributed by atoms with Crippen LogP contribution < -0.4 is 10.6 Å². The molecular weight excluding hydrogens is 276 g/mol. The van der Waals surface area contributed by atoms with Gasteiger partial charge in [0.2, 0.25) is 5.91 Å². The molecule has 0 saturated heterocycles. The van der Waals surface area contributed by atoms with Gasteiger partial charge in [0.15, 0.2) is 0 Å². The van der Waals surface area contributed by atoms with Crippen LogP contribution in [0.25, 0.3) is 0 Å². The zero-order valence-electron chi connectivity index (χ0n) is 13.7. The SMILES string of the molecule is CCCCCCCC(=O)NC[C@@H](O)NCCc1ccccc1. The molecule has 1 aromatic rings. The van der Waals surface area contributed by atoms with E-state index in [1.165, 1.54) is 24.8 Å². The Kier molecular flexibility index (Phi) is 10.3. The van der Waals surface area contributed by atoms with Crippen molar-refractivity contribution < 1.29 is 9.90 Å². The van der Waals surface area contributed by atoms with Gasteiger partial charge in [-0.15, -0.1) is 0 Å². The van der Waals surface area contributed by atoms with Gasteiger partial charge in [-0.25, -0.2) is 0 Å². The minimum absolute atomic E-state index is 0.0282. The largest absolute Gasteiger partial charge is 0.377 e. The Balaban J connectivity index is 2.00. The number of benzene rings is 1. The lowest BCUT2D eigenvalue weighted by Crippen LogP contribution is -2.41. The van der Waals surface area contributed by atoms with Crippen molar-refractivity contribution in [3.8, 4) is 0 Å². The minimum atomic E-state index is -0.687. The Bertz CT molecular complexity index is 395. The summed E-state index contributed by atoms with van der Waals surface area (Å²) >= 11 is 0. The summed E-state index contributed by atoms with van der Waals surface area (Å²) in [6, 6.07) is 10.1. The van der Waals surface area contributed by atoms with Crippen LogP contribution in [0.15, 0.2) is 30.3 Å². The summed E-state index contributed by atoms with van der Waals surface area (Å²) in [6.45, 7) is 3.14. The fraction of sp³-hybridized carbons (Fsp3) is 0.611. The predicted molar refractivity (Wildman–Crippen MR) is 90.5 cm³/mol. The van der Waals surface area contributed by atoms with Crippen molar-refractivity contribution in [1.82, 2.24) is 10.6 Å². The van der Waals surface area contributed by atoms with Crippen molar-refractivity contribution in [3.05, 3.63) is 35.9 Å². The Morgan fingerprint density at radius 1 is 1.14 bits per heavy atom. The molecular formula is C18H30N2O2. The van der Waals surface area contributed by atoms with E-state index in [0.717, 1.165) is 19.3 Å². The van der Waals surface area contributed by atoms with Gasteiger partial charge in [-0.05, 0) is 18.4 Å². The van der Waals surface area contributed by atoms with E-state index >= 15 is 0 Å². The molecule has 0 aliphatic rings. The molecule has 124 valence electrons. The van der Waals surface area contributed by atoms with E-state index in [1.54, 1.807) is 0 Å². The topological polar surface area (TPSA) is 61.4 Å². The molecule has 0 fully saturated rings. The smallest absolute Gasteiger partial charge is 0.220 e. The van der Waals surface area contributed by atoms with Gasteiger partial charge in [-0.1, -0.05) is 62.9 Å². The van der Waals surface area contributed by atoms with E-state index in [1.807, 2.05) is 18.2 Å². The van der Waals surface area contributed by atoms with Crippen molar-refractivity contribution in [2.75, 3.05) is 13.1 Å². The normalized spacial score (nSPS) is 12.1. The highest BCUT2D eigenvalue weighted by Crippen LogP contribution is 2.04. The molecule has 0 radical (unpaired) electrons. The first kappa shape index (κ1) is 18.7. The standard InChI is InChI=1S/C18H30N2O2/c1-2-3-4-5-9-12-17(21)20-15-18(22)19-14-13-16-10-7-6-8-11-16/h6-8,10-11,18-19,22H,2-5,9,12-15H2,1H3,(H,20,21)/t18-/m1/s1.